The summed E-state index contributed by atoms with van der Waals surface area (Å²) in [5.74, 6) is -0.871. The number of thiophene rings is 1. The zero-order valence-corrected chi connectivity index (χ0v) is 21.4. The van der Waals surface area contributed by atoms with Gasteiger partial charge in [-0.05, 0) is 42.5 Å². The second-order valence-electron chi connectivity index (χ2n) is 8.91. The number of likely N-dealkylation sites (tertiary alicyclic amines) is 1. The van der Waals surface area contributed by atoms with Crippen molar-refractivity contribution in [1.29, 1.82) is 0 Å². The minimum absolute atomic E-state index is 0.0357. The number of halogens is 3. The molecule has 0 radical (unpaired) electrons. The Hall–Kier alpha value is -3.22. The summed E-state index contributed by atoms with van der Waals surface area (Å²) in [5.41, 5.74) is 4.48. The summed E-state index contributed by atoms with van der Waals surface area (Å²) in [6.45, 7) is 0.648. The lowest BCUT2D eigenvalue weighted by Crippen LogP contribution is -3.09. The molecule has 2 aliphatic rings. The number of aromatic nitrogens is 1. The highest BCUT2D eigenvalue weighted by molar-refractivity contribution is 7.11. The lowest BCUT2D eigenvalue weighted by atomic mass is 9.96. The number of nitrogens with one attached hydrogen (secondary N) is 2. The molecular weight excluding hydrogens is 523 g/mol. The molecule has 1 saturated heterocycles. The van der Waals surface area contributed by atoms with Crippen LogP contribution in [0.3, 0.4) is 0 Å². The Kier molecular flexibility index (Phi) is 7.06. The van der Waals surface area contributed by atoms with E-state index in [-0.39, 0.29) is 23.6 Å². The topological polar surface area (TPSA) is 80.8 Å². The zero-order valence-electron chi connectivity index (χ0n) is 19.8. The van der Waals surface area contributed by atoms with Gasteiger partial charge in [0.2, 0.25) is 0 Å². The van der Waals surface area contributed by atoms with E-state index in [1.807, 2.05) is 30.6 Å². The molecule has 2 aromatic heterocycles. The molecule has 12 heteroatoms. The van der Waals surface area contributed by atoms with Crippen molar-refractivity contribution in [2.45, 2.75) is 31.1 Å². The molecule has 1 aromatic carbocycles. The first kappa shape index (κ1) is 25.4. The predicted molar refractivity (Wildman–Crippen MR) is 135 cm³/mol. The monoisotopic (exact) mass is 547 g/mol. The van der Waals surface area contributed by atoms with Crippen molar-refractivity contribution in [1.82, 2.24) is 15.2 Å². The Morgan fingerprint density at radius 1 is 1.14 bits per heavy atom. The van der Waals surface area contributed by atoms with E-state index in [0.717, 1.165) is 26.7 Å². The molecule has 0 spiro atoms. The number of nitrogens with zero attached hydrogens (tertiary/aromatic N) is 3. The number of hydrogen-bond acceptors (Lipinski definition) is 5. The van der Waals surface area contributed by atoms with Gasteiger partial charge in [-0.25, -0.2) is 4.98 Å². The van der Waals surface area contributed by atoms with Gasteiger partial charge in [0.05, 0.1) is 23.2 Å². The standard InChI is InChI=1S/C25H24F3N5O2S2/c1-32-21(13-18(31-32)20-7-4-12-36-20)30-22(34)19-14-37-23(29-19)15-8-10-33(11-9-15)24(35)16-5-2-3-6-17(16)25(26,27)28/h2-7,12-15,21,32H,8-11H2,1H3,(H,30,34). The van der Waals surface area contributed by atoms with E-state index in [0.29, 0.717) is 31.6 Å². The summed E-state index contributed by atoms with van der Waals surface area (Å²) < 4.78 is 40.0. The Bertz CT molecular complexity index is 1310. The molecule has 3 aromatic rings. The minimum Gasteiger partial charge on any atom is -0.486 e. The van der Waals surface area contributed by atoms with Gasteiger partial charge in [-0.1, -0.05) is 23.9 Å². The van der Waals surface area contributed by atoms with Gasteiger partial charge >= 0.3 is 6.18 Å². The van der Waals surface area contributed by atoms with E-state index >= 15 is 0 Å². The Morgan fingerprint density at radius 2 is 1.89 bits per heavy atom. The molecule has 1 fully saturated rings. The number of amides is 2. The Balaban J connectivity index is 1.19. The fraction of sp³-hybridized carbons (Fsp3) is 0.320. The molecule has 2 N–H and O–H groups in total. The van der Waals surface area contributed by atoms with Crippen LogP contribution in [-0.4, -0.2) is 48.0 Å². The van der Waals surface area contributed by atoms with Crippen molar-refractivity contribution in [3.05, 3.63) is 85.4 Å². The van der Waals surface area contributed by atoms with Crippen molar-refractivity contribution in [2.24, 2.45) is 0 Å². The van der Waals surface area contributed by atoms with E-state index < -0.39 is 17.6 Å². The third-order valence-corrected chi connectivity index (χ3v) is 8.38. The first-order chi connectivity index (χ1) is 17.7. The summed E-state index contributed by atoms with van der Waals surface area (Å²) >= 11 is 2.97. The number of quaternary nitrogens is 1. The summed E-state index contributed by atoms with van der Waals surface area (Å²) in [7, 11) is 1.87. The van der Waals surface area contributed by atoms with E-state index in [1.54, 1.807) is 16.7 Å². The van der Waals surface area contributed by atoms with Crippen LogP contribution < -0.4 is 10.3 Å². The van der Waals surface area contributed by atoms with Crippen LogP contribution in [0.2, 0.25) is 0 Å². The van der Waals surface area contributed by atoms with E-state index in [9.17, 15) is 22.8 Å². The number of thiazole rings is 1. The van der Waals surface area contributed by atoms with E-state index in [1.165, 1.54) is 34.4 Å². The highest BCUT2D eigenvalue weighted by atomic mass is 32.1. The molecule has 37 heavy (non-hydrogen) atoms. The minimum atomic E-state index is -4.59. The highest BCUT2D eigenvalue weighted by Gasteiger charge is 2.37. The molecular formula is C25H24F3N5O2S2. The molecule has 194 valence electrons. The van der Waals surface area contributed by atoms with Crippen LogP contribution in [0.15, 0.2) is 53.2 Å². The van der Waals surface area contributed by atoms with Crippen molar-refractivity contribution in [2.75, 3.05) is 20.1 Å². The van der Waals surface area contributed by atoms with Crippen LogP contribution >= 0.6 is 22.7 Å². The number of carbonyl (C=O) groups is 2. The fourth-order valence-corrected chi connectivity index (χ4v) is 6.16. The summed E-state index contributed by atoms with van der Waals surface area (Å²) in [4.78, 5) is 32.7. The maximum absolute atomic E-state index is 13.3. The van der Waals surface area contributed by atoms with Crippen LogP contribution in [0, 0.1) is 0 Å². The number of alkyl halides is 3. The van der Waals surface area contributed by atoms with Gasteiger partial charge < -0.3 is 15.3 Å². The Morgan fingerprint density at radius 3 is 2.59 bits per heavy atom. The lowest BCUT2D eigenvalue weighted by molar-refractivity contribution is -0.854. The largest absolute Gasteiger partial charge is 0.486 e. The number of rotatable bonds is 5. The number of carbonyl (C=O) groups excluding carboxylic acids is 2. The average molecular weight is 548 g/mol. The molecule has 5 rings (SSSR count). The average Bonchev–Trinajstić information content (AvgIpc) is 3.65. The van der Waals surface area contributed by atoms with Crippen LogP contribution in [0.1, 0.15) is 55.1 Å². The zero-order chi connectivity index (χ0) is 26.2. The number of likely N-dealkylation sites (N-methyl/N-ethyl adjacent to an activating group) is 1. The van der Waals surface area contributed by atoms with Crippen molar-refractivity contribution < 1.29 is 27.8 Å². The molecule has 4 heterocycles. The highest BCUT2D eigenvalue weighted by Crippen LogP contribution is 2.35. The SMILES string of the molecule is C[NH+]1[N-]C(c2cccs2)=CC1NC(=O)c1csc(C2CCN(C(=O)c3ccccc3C(F)(F)F)CC2)n1. The Labute approximate surface area is 219 Å². The van der Waals surface area contributed by atoms with Gasteiger partial charge in [-0.3, -0.25) is 14.9 Å². The fourth-order valence-electron chi connectivity index (χ4n) is 4.49. The van der Waals surface area contributed by atoms with Gasteiger partial charge in [0.15, 0.2) is 6.17 Å². The third-order valence-electron chi connectivity index (χ3n) is 6.48. The molecule has 2 amide bonds. The molecule has 7 nitrogen and oxygen atoms in total. The van der Waals surface area contributed by atoms with Crippen molar-refractivity contribution in [3.8, 4) is 0 Å². The van der Waals surface area contributed by atoms with E-state index in [2.05, 4.69) is 15.7 Å². The quantitative estimate of drug-likeness (QED) is 0.504. The predicted octanol–water partition coefficient (Wildman–Crippen LogP) is 4.16. The van der Waals surface area contributed by atoms with Gasteiger partial charge in [0.25, 0.3) is 11.8 Å². The van der Waals surface area contributed by atoms with Crippen LogP contribution in [-0.2, 0) is 6.18 Å². The third kappa shape index (κ3) is 5.41. The van der Waals surface area contributed by atoms with E-state index in [4.69, 9.17) is 0 Å². The lowest BCUT2D eigenvalue weighted by Gasteiger charge is -2.31. The smallest absolute Gasteiger partial charge is 0.417 e. The molecule has 0 bridgehead atoms. The van der Waals surface area contributed by atoms with Crippen molar-refractivity contribution in [3.63, 3.8) is 0 Å². The molecule has 2 aliphatic heterocycles. The number of piperidine rings is 1. The first-order valence-corrected chi connectivity index (χ1v) is 13.5. The van der Waals surface area contributed by atoms with Crippen LogP contribution in [0.4, 0.5) is 13.2 Å². The second kappa shape index (κ2) is 10.3. The van der Waals surface area contributed by atoms with Crippen LogP contribution in [0.5, 0.6) is 0 Å². The molecule has 2 atom stereocenters. The summed E-state index contributed by atoms with van der Waals surface area (Å²) in [6.07, 6.45) is -1.84. The molecule has 0 saturated carbocycles. The molecule has 2 unspecified atom stereocenters. The van der Waals surface area contributed by atoms with Gasteiger partial charge in [0.1, 0.15) is 5.69 Å². The number of benzene rings is 1. The van der Waals surface area contributed by atoms with Gasteiger partial charge in [0, 0.05) is 29.3 Å². The summed E-state index contributed by atoms with van der Waals surface area (Å²) in [5, 5.41) is 8.26. The van der Waals surface area contributed by atoms with Gasteiger partial charge in [-0.15, -0.1) is 22.7 Å². The van der Waals surface area contributed by atoms with Gasteiger partial charge in [-0.2, -0.15) is 13.2 Å². The normalized spacial score (nSPS) is 20.4. The van der Waals surface area contributed by atoms with Crippen LogP contribution in [0.25, 0.3) is 11.1 Å². The number of hydrogen-bond donors (Lipinski definition) is 2. The summed E-state index contributed by atoms with van der Waals surface area (Å²) in [6, 6.07) is 8.81. The molecule has 0 aliphatic carbocycles. The maximum atomic E-state index is 13.3. The first-order valence-electron chi connectivity index (χ1n) is 11.7. The maximum Gasteiger partial charge on any atom is 0.417 e. The van der Waals surface area contributed by atoms with Crippen molar-refractivity contribution >= 4 is 40.2 Å². The second-order valence-corrected chi connectivity index (χ2v) is 10.8.